The highest BCUT2D eigenvalue weighted by molar-refractivity contribution is 7.99. The third-order valence-electron chi connectivity index (χ3n) is 5.71. The van der Waals surface area contributed by atoms with Crippen LogP contribution in [0.4, 0.5) is 5.69 Å². The normalized spacial score (nSPS) is 10.9. The number of aromatic nitrogens is 3. The quantitative estimate of drug-likeness (QED) is 0.218. The third kappa shape index (κ3) is 5.16. The van der Waals surface area contributed by atoms with Gasteiger partial charge in [-0.3, -0.25) is 9.36 Å². The van der Waals surface area contributed by atoms with E-state index in [1.807, 2.05) is 35.8 Å². The van der Waals surface area contributed by atoms with Gasteiger partial charge in [0.25, 0.3) is 0 Å². The SMILES string of the molecule is C=CCn1c(SCC(=O)Nc2ccc(C)c(C)c2)nnc1-c1csc(C)c1-c1ccc(C)cc1. The minimum atomic E-state index is -0.0744. The van der Waals surface area contributed by atoms with E-state index in [9.17, 15) is 4.79 Å². The van der Waals surface area contributed by atoms with Gasteiger partial charge in [0.2, 0.25) is 5.91 Å². The molecule has 4 aromatic rings. The average molecular weight is 489 g/mol. The zero-order chi connectivity index (χ0) is 24.2. The first kappa shape index (κ1) is 24.0. The van der Waals surface area contributed by atoms with Gasteiger partial charge < -0.3 is 5.32 Å². The second-order valence-corrected chi connectivity index (χ2v) is 10.3. The molecule has 4 rings (SSSR count). The Labute approximate surface area is 208 Å². The van der Waals surface area contributed by atoms with E-state index in [-0.39, 0.29) is 11.7 Å². The standard InChI is InChI=1S/C27H28N4OS2/c1-6-13-31-26(23-15-33-20(5)25(23)21-10-7-17(2)8-11-21)29-30-27(31)34-16-24(32)28-22-12-9-18(3)19(4)14-22/h6-12,14-15H,1,13,16H2,2-5H3,(H,28,32). The summed E-state index contributed by atoms with van der Waals surface area (Å²) >= 11 is 3.09. The van der Waals surface area contributed by atoms with Crippen molar-refractivity contribution in [1.29, 1.82) is 0 Å². The fourth-order valence-electron chi connectivity index (χ4n) is 3.73. The molecule has 0 aliphatic carbocycles. The largest absolute Gasteiger partial charge is 0.325 e. The van der Waals surface area contributed by atoms with Crippen molar-refractivity contribution in [3.63, 3.8) is 0 Å². The van der Waals surface area contributed by atoms with E-state index in [1.165, 1.54) is 33.3 Å². The molecule has 0 aliphatic rings. The van der Waals surface area contributed by atoms with Crippen molar-refractivity contribution in [3.8, 4) is 22.5 Å². The molecule has 2 aromatic carbocycles. The number of allylic oxidation sites excluding steroid dienone is 1. The van der Waals surface area contributed by atoms with Gasteiger partial charge in [-0.2, -0.15) is 0 Å². The molecule has 0 atom stereocenters. The molecule has 2 heterocycles. The molecule has 0 unspecified atom stereocenters. The zero-order valence-corrected chi connectivity index (χ0v) is 21.5. The molecule has 0 saturated carbocycles. The van der Waals surface area contributed by atoms with Crippen molar-refractivity contribution in [3.05, 3.63) is 82.1 Å². The topological polar surface area (TPSA) is 59.8 Å². The molecular weight excluding hydrogens is 460 g/mol. The lowest BCUT2D eigenvalue weighted by Gasteiger charge is -2.10. The summed E-state index contributed by atoms with van der Waals surface area (Å²) in [5.74, 6) is 0.960. The highest BCUT2D eigenvalue weighted by Gasteiger charge is 2.20. The monoisotopic (exact) mass is 488 g/mol. The average Bonchev–Trinajstić information content (AvgIpc) is 3.39. The molecule has 2 aromatic heterocycles. The van der Waals surface area contributed by atoms with Crippen LogP contribution in [0.15, 0.2) is 65.7 Å². The van der Waals surface area contributed by atoms with Crippen LogP contribution in [0.2, 0.25) is 0 Å². The van der Waals surface area contributed by atoms with Crippen molar-refractivity contribution in [2.75, 3.05) is 11.1 Å². The van der Waals surface area contributed by atoms with Crippen molar-refractivity contribution in [2.45, 2.75) is 39.4 Å². The molecule has 174 valence electrons. The molecule has 0 aliphatic heterocycles. The van der Waals surface area contributed by atoms with Gasteiger partial charge in [-0.25, -0.2) is 0 Å². The van der Waals surface area contributed by atoms with Gasteiger partial charge in [0.15, 0.2) is 11.0 Å². The van der Waals surface area contributed by atoms with Crippen molar-refractivity contribution in [2.24, 2.45) is 0 Å². The number of carbonyl (C=O) groups is 1. The molecule has 1 N–H and O–H groups in total. The van der Waals surface area contributed by atoms with Gasteiger partial charge >= 0.3 is 0 Å². The first-order valence-corrected chi connectivity index (χ1v) is 12.9. The Bertz CT molecular complexity index is 1340. The fraction of sp³-hybridized carbons (Fsp3) is 0.222. The summed E-state index contributed by atoms with van der Waals surface area (Å²) in [6, 6.07) is 14.5. The predicted octanol–water partition coefficient (Wildman–Crippen LogP) is 6.82. The lowest BCUT2D eigenvalue weighted by atomic mass is 10.0. The van der Waals surface area contributed by atoms with Crippen LogP contribution in [-0.4, -0.2) is 26.4 Å². The summed E-state index contributed by atoms with van der Waals surface area (Å²) in [4.78, 5) is 13.8. The van der Waals surface area contributed by atoms with E-state index < -0.39 is 0 Å². The van der Waals surface area contributed by atoms with Crippen molar-refractivity contribution < 1.29 is 4.79 Å². The van der Waals surface area contributed by atoms with Crippen molar-refractivity contribution >= 4 is 34.7 Å². The second kappa shape index (κ2) is 10.4. The summed E-state index contributed by atoms with van der Waals surface area (Å²) in [6.07, 6.45) is 1.83. The van der Waals surface area contributed by atoms with Gasteiger partial charge in [-0.1, -0.05) is 53.7 Å². The Kier molecular flexibility index (Phi) is 7.34. The summed E-state index contributed by atoms with van der Waals surface area (Å²) in [7, 11) is 0. The molecule has 5 nitrogen and oxygen atoms in total. The first-order chi connectivity index (χ1) is 16.4. The summed E-state index contributed by atoms with van der Waals surface area (Å²) in [5.41, 5.74) is 7.76. The second-order valence-electron chi connectivity index (χ2n) is 8.29. The molecular formula is C27H28N4OS2. The minimum Gasteiger partial charge on any atom is -0.325 e. The number of amides is 1. The number of nitrogens with zero attached hydrogens (tertiary/aromatic N) is 3. The zero-order valence-electron chi connectivity index (χ0n) is 19.9. The van der Waals surface area contributed by atoms with Crippen LogP contribution in [0, 0.1) is 27.7 Å². The molecule has 7 heteroatoms. The molecule has 0 spiro atoms. The Morgan fingerprint density at radius 1 is 1.09 bits per heavy atom. The van der Waals surface area contributed by atoms with Gasteiger partial charge in [0.1, 0.15) is 0 Å². The van der Waals surface area contributed by atoms with Crippen LogP contribution in [-0.2, 0) is 11.3 Å². The molecule has 0 fully saturated rings. The van der Waals surface area contributed by atoms with E-state index in [4.69, 9.17) is 0 Å². The summed E-state index contributed by atoms with van der Waals surface area (Å²) < 4.78 is 2.03. The maximum absolute atomic E-state index is 12.6. The molecule has 0 bridgehead atoms. The number of hydrogen-bond donors (Lipinski definition) is 1. The fourth-order valence-corrected chi connectivity index (χ4v) is 5.34. The van der Waals surface area contributed by atoms with Gasteiger partial charge in [-0.15, -0.1) is 28.1 Å². The van der Waals surface area contributed by atoms with E-state index in [2.05, 4.69) is 72.5 Å². The highest BCUT2D eigenvalue weighted by Crippen LogP contribution is 2.39. The van der Waals surface area contributed by atoms with Crippen molar-refractivity contribution in [1.82, 2.24) is 14.8 Å². The van der Waals surface area contributed by atoms with Crippen LogP contribution in [0.25, 0.3) is 22.5 Å². The number of benzene rings is 2. The number of thiophene rings is 1. The Morgan fingerprint density at radius 2 is 1.85 bits per heavy atom. The van der Waals surface area contributed by atoms with E-state index >= 15 is 0 Å². The molecule has 1 amide bonds. The highest BCUT2D eigenvalue weighted by atomic mass is 32.2. The number of thioether (sulfide) groups is 1. The van der Waals surface area contributed by atoms with Gasteiger partial charge in [0, 0.05) is 33.6 Å². The number of hydrogen-bond acceptors (Lipinski definition) is 5. The van der Waals surface area contributed by atoms with E-state index in [1.54, 1.807) is 11.3 Å². The smallest absolute Gasteiger partial charge is 0.234 e. The van der Waals surface area contributed by atoms with Gasteiger partial charge in [-0.05, 0) is 56.5 Å². The number of rotatable bonds is 8. The number of nitrogens with one attached hydrogen (secondary N) is 1. The van der Waals surface area contributed by atoms with E-state index in [0.29, 0.717) is 11.7 Å². The van der Waals surface area contributed by atoms with Crippen LogP contribution < -0.4 is 5.32 Å². The number of anilines is 1. The minimum absolute atomic E-state index is 0.0744. The number of aryl methyl sites for hydroxylation is 4. The van der Waals surface area contributed by atoms with Crippen LogP contribution in [0.1, 0.15) is 21.6 Å². The van der Waals surface area contributed by atoms with Crippen LogP contribution >= 0.6 is 23.1 Å². The molecule has 0 radical (unpaired) electrons. The van der Waals surface area contributed by atoms with E-state index in [0.717, 1.165) is 28.2 Å². The summed E-state index contributed by atoms with van der Waals surface area (Å²) in [6.45, 7) is 12.8. The van der Waals surface area contributed by atoms with Crippen LogP contribution in [0.5, 0.6) is 0 Å². The lowest BCUT2D eigenvalue weighted by Crippen LogP contribution is -2.14. The van der Waals surface area contributed by atoms with Crippen LogP contribution in [0.3, 0.4) is 0 Å². The maximum Gasteiger partial charge on any atom is 0.234 e. The molecule has 34 heavy (non-hydrogen) atoms. The Morgan fingerprint density at radius 3 is 2.56 bits per heavy atom. The maximum atomic E-state index is 12.6. The first-order valence-electron chi connectivity index (χ1n) is 11.1. The number of carbonyl (C=O) groups excluding carboxylic acids is 1. The molecule has 0 saturated heterocycles. The Hall–Kier alpha value is -3.16. The third-order valence-corrected chi connectivity index (χ3v) is 7.59. The summed E-state index contributed by atoms with van der Waals surface area (Å²) in [5, 5.41) is 14.8. The van der Waals surface area contributed by atoms with Gasteiger partial charge in [0.05, 0.1) is 5.75 Å². The Balaban J connectivity index is 1.57. The predicted molar refractivity (Wildman–Crippen MR) is 144 cm³/mol. The lowest BCUT2D eigenvalue weighted by molar-refractivity contribution is -0.113.